The van der Waals surface area contributed by atoms with Crippen molar-refractivity contribution < 1.29 is 0 Å². The predicted molar refractivity (Wildman–Crippen MR) is 48.7 cm³/mol. The number of rotatable bonds is 0. The van der Waals surface area contributed by atoms with Crippen molar-refractivity contribution >= 4 is 27.2 Å². The highest BCUT2D eigenvalue weighted by molar-refractivity contribution is 7.17. The van der Waals surface area contributed by atoms with Crippen LogP contribution < -0.4 is 5.73 Å². The molecule has 0 bridgehead atoms. The molecule has 4 heteroatoms. The number of nitriles is 1. The molecule has 0 amide bonds. The molecule has 0 aliphatic rings. The van der Waals surface area contributed by atoms with Crippen LogP contribution in [0.1, 0.15) is 5.56 Å². The third-order valence-electron chi connectivity index (χ3n) is 1.64. The lowest BCUT2D eigenvalue weighted by Crippen LogP contribution is -1.89. The summed E-state index contributed by atoms with van der Waals surface area (Å²) in [6.07, 6.45) is 0. The summed E-state index contributed by atoms with van der Waals surface area (Å²) in [7, 11) is 0. The van der Waals surface area contributed by atoms with Crippen molar-refractivity contribution in [1.29, 1.82) is 5.26 Å². The molecule has 1 aromatic heterocycles. The Bertz CT molecular complexity index is 467. The van der Waals surface area contributed by atoms with Crippen LogP contribution in [0.25, 0.3) is 10.2 Å². The second-order valence-electron chi connectivity index (χ2n) is 2.34. The molecule has 0 saturated carbocycles. The minimum absolute atomic E-state index is 0.522. The van der Waals surface area contributed by atoms with Gasteiger partial charge in [-0.3, -0.25) is 0 Å². The number of hydrogen-bond donors (Lipinski definition) is 1. The molecule has 0 unspecified atom stereocenters. The molecule has 2 rings (SSSR count). The number of nitrogen functional groups attached to an aromatic ring is 1. The van der Waals surface area contributed by atoms with Gasteiger partial charge in [0.05, 0.1) is 27.0 Å². The molecule has 12 heavy (non-hydrogen) atoms. The summed E-state index contributed by atoms with van der Waals surface area (Å²) in [6.45, 7) is 0. The minimum atomic E-state index is 0.522. The first-order valence-corrected chi connectivity index (χ1v) is 4.22. The fourth-order valence-electron chi connectivity index (χ4n) is 1.06. The molecule has 1 aromatic carbocycles. The van der Waals surface area contributed by atoms with Gasteiger partial charge in [0.25, 0.3) is 0 Å². The summed E-state index contributed by atoms with van der Waals surface area (Å²) >= 11 is 1.44. The molecule has 0 aliphatic carbocycles. The van der Waals surface area contributed by atoms with E-state index in [0.717, 1.165) is 10.2 Å². The summed E-state index contributed by atoms with van der Waals surface area (Å²) in [5.74, 6) is 0. The summed E-state index contributed by atoms with van der Waals surface area (Å²) < 4.78 is 0.873. The molecule has 0 fully saturated rings. The number of thiazole rings is 1. The first-order valence-electron chi connectivity index (χ1n) is 3.34. The summed E-state index contributed by atoms with van der Waals surface area (Å²) in [4.78, 5) is 4.08. The average Bonchev–Trinajstić information content (AvgIpc) is 2.52. The Morgan fingerprint density at radius 3 is 3.08 bits per heavy atom. The van der Waals surface area contributed by atoms with E-state index >= 15 is 0 Å². The molecule has 2 N–H and O–H groups in total. The van der Waals surface area contributed by atoms with Crippen LogP contribution in [0, 0.1) is 11.3 Å². The van der Waals surface area contributed by atoms with Crippen molar-refractivity contribution in [2.24, 2.45) is 0 Å². The molecule has 0 atom stereocenters. The van der Waals surface area contributed by atoms with E-state index in [4.69, 9.17) is 11.0 Å². The van der Waals surface area contributed by atoms with Crippen molar-refractivity contribution in [2.75, 3.05) is 5.73 Å². The van der Waals surface area contributed by atoms with Crippen LogP contribution in [0.4, 0.5) is 5.69 Å². The fourth-order valence-corrected chi connectivity index (χ4v) is 1.85. The molecular formula is C8H5N3S. The van der Waals surface area contributed by atoms with Crippen LogP contribution in [-0.2, 0) is 0 Å². The van der Waals surface area contributed by atoms with Crippen LogP contribution in [0.5, 0.6) is 0 Å². The van der Waals surface area contributed by atoms with E-state index in [-0.39, 0.29) is 0 Å². The van der Waals surface area contributed by atoms with E-state index in [1.165, 1.54) is 11.3 Å². The molecule has 3 nitrogen and oxygen atoms in total. The maximum Gasteiger partial charge on any atom is 0.103 e. The summed E-state index contributed by atoms with van der Waals surface area (Å²) in [5.41, 5.74) is 9.22. The second-order valence-corrected chi connectivity index (χ2v) is 3.20. The van der Waals surface area contributed by atoms with E-state index < -0.39 is 0 Å². The molecular weight excluding hydrogens is 170 g/mol. The number of nitrogens with zero attached hydrogens (tertiary/aromatic N) is 2. The van der Waals surface area contributed by atoms with Crippen LogP contribution in [0.2, 0.25) is 0 Å². The van der Waals surface area contributed by atoms with Gasteiger partial charge < -0.3 is 5.73 Å². The Morgan fingerprint density at radius 2 is 2.33 bits per heavy atom. The van der Waals surface area contributed by atoms with Crippen molar-refractivity contribution in [3.63, 3.8) is 0 Å². The average molecular weight is 175 g/mol. The highest BCUT2D eigenvalue weighted by Gasteiger charge is 2.05. The lowest BCUT2D eigenvalue weighted by Gasteiger charge is -1.95. The zero-order valence-electron chi connectivity index (χ0n) is 6.11. The third-order valence-corrected chi connectivity index (χ3v) is 2.50. The van der Waals surface area contributed by atoms with Gasteiger partial charge in [-0.05, 0) is 12.1 Å². The molecule has 0 radical (unpaired) electrons. The first-order chi connectivity index (χ1) is 5.83. The van der Waals surface area contributed by atoms with Gasteiger partial charge in [-0.1, -0.05) is 0 Å². The summed E-state index contributed by atoms with van der Waals surface area (Å²) in [5, 5.41) is 8.78. The van der Waals surface area contributed by atoms with Crippen LogP contribution >= 0.6 is 11.3 Å². The fraction of sp³-hybridized carbons (Fsp3) is 0. The lowest BCUT2D eigenvalue weighted by molar-refractivity contribution is 1.48. The van der Waals surface area contributed by atoms with Crippen LogP contribution in [0.15, 0.2) is 17.6 Å². The first kappa shape index (κ1) is 7.07. The Balaban J connectivity index is 2.94. The van der Waals surface area contributed by atoms with Gasteiger partial charge in [-0.15, -0.1) is 11.3 Å². The van der Waals surface area contributed by atoms with Crippen molar-refractivity contribution in [3.05, 3.63) is 23.2 Å². The van der Waals surface area contributed by atoms with E-state index in [0.29, 0.717) is 11.3 Å². The number of nitrogens with two attached hydrogens (primary N) is 1. The number of benzene rings is 1. The Hall–Kier alpha value is -1.60. The largest absolute Gasteiger partial charge is 0.398 e. The van der Waals surface area contributed by atoms with Gasteiger partial charge in [0.1, 0.15) is 6.07 Å². The van der Waals surface area contributed by atoms with Crippen LogP contribution in [-0.4, -0.2) is 4.98 Å². The zero-order valence-corrected chi connectivity index (χ0v) is 6.93. The number of fused-ring (bicyclic) bond motifs is 1. The van der Waals surface area contributed by atoms with E-state index in [1.54, 1.807) is 11.6 Å². The van der Waals surface area contributed by atoms with Gasteiger partial charge in [0.15, 0.2) is 0 Å². The topological polar surface area (TPSA) is 62.7 Å². The number of aromatic nitrogens is 1. The maximum absolute atomic E-state index is 8.78. The maximum atomic E-state index is 8.78. The molecule has 0 aliphatic heterocycles. The highest BCUT2D eigenvalue weighted by atomic mass is 32.1. The smallest absolute Gasteiger partial charge is 0.103 e. The lowest BCUT2D eigenvalue weighted by atomic mass is 10.2. The van der Waals surface area contributed by atoms with Gasteiger partial charge in [-0.2, -0.15) is 5.26 Å². The third kappa shape index (κ3) is 0.840. The molecule has 1 heterocycles. The quantitative estimate of drug-likeness (QED) is 0.620. The van der Waals surface area contributed by atoms with Gasteiger partial charge in [0.2, 0.25) is 0 Å². The molecule has 58 valence electrons. The normalized spacial score (nSPS) is 9.92. The number of anilines is 1. The molecule has 0 saturated heterocycles. The Morgan fingerprint density at radius 1 is 1.50 bits per heavy atom. The van der Waals surface area contributed by atoms with Gasteiger partial charge >= 0.3 is 0 Å². The second kappa shape index (κ2) is 2.47. The SMILES string of the molecule is N#Cc1c(N)ccc2ncsc12. The Labute approximate surface area is 73.1 Å². The molecule has 0 spiro atoms. The van der Waals surface area contributed by atoms with E-state index in [2.05, 4.69) is 11.1 Å². The summed E-state index contributed by atoms with van der Waals surface area (Å²) in [6, 6.07) is 5.60. The monoisotopic (exact) mass is 175 g/mol. The van der Waals surface area contributed by atoms with E-state index in [1.807, 2.05) is 6.07 Å². The van der Waals surface area contributed by atoms with E-state index in [9.17, 15) is 0 Å². The van der Waals surface area contributed by atoms with Gasteiger partial charge in [-0.25, -0.2) is 4.98 Å². The minimum Gasteiger partial charge on any atom is -0.398 e. The Kier molecular flexibility index (Phi) is 1.45. The standard InChI is InChI=1S/C8H5N3S/c9-3-5-6(10)1-2-7-8(5)12-4-11-7/h1-2,4H,10H2. The molecule has 2 aromatic rings. The zero-order chi connectivity index (χ0) is 8.55. The van der Waals surface area contributed by atoms with Crippen LogP contribution in [0.3, 0.4) is 0 Å². The predicted octanol–water partition coefficient (Wildman–Crippen LogP) is 1.75. The van der Waals surface area contributed by atoms with Crippen molar-refractivity contribution in [3.8, 4) is 6.07 Å². The van der Waals surface area contributed by atoms with Crippen molar-refractivity contribution in [2.45, 2.75) is 0 Å². The number of hydrogen-bond acceptors (Lipinski definition) is 4. The van der Waals surface area contributed by atoms with Crippen molar-refractivity contribution in [1.82, 2.24) is 4.98 Å². The highest BCUT2D eigenvalue weighted by Crippen LogP contribution is 2.25. The van der Waals surface area contributed by atoms with Gasteiger partial charge in [0, 0.05) is 0 Å².